The van der Waals surface area contributed by atoms with Crippen molar-refractivity contribution < 1.29 is 0 Å². The lowest BCUT2D eigenvalue weighted by Gasteiger charge is -2.12. The van der Waals surface area contributed by atoms with E-state index in [4.69, 9.17) is 5.73 Å². The van der Waals surface area contributed by atoms with E-state index in [2.05, 4.69) is 34.8 Å². The van der Waals surface area contributed by atoms with Crippen LogP contribution in [0.2, 0.25) is 0 Å². The quantitative estimate of drug-likeness (QED) is 0.886. The molecule has 3 heteroatoms. The Morgan fingerprint density at radius 2 is 2.15 bits per heavy atom. The maximum absolute atomic E-state index is 5.97. The minimum Gasteiger partial charge on any atom is -0.323 e. The fourth-order valence-corrected chi connectivity index (χ4v) is 1.47. The molecule has 1 atom stereocenters. The molecule has 1 rings (SSSR count). The highest BCUT2D eigenvalue weighted by molar-refractivity contribution is 9.10. The maximum Gasteiger partial charge on any atom is 0.0571 e. The Labute approximate surface area is 87.7 Å². The van der Waals surface area contributed by atoms with E-state index in [1.807, 2.05) is 12.1 Å². The molecule has 0 saturated heterocycles. The molecule has 0 aliphatic rings. The van der Waals surface area contributed by atoms with Crippen molar-refractivity contribution in [2.75, 3.05) is 0 Å². The van der Waals surface area contributed by atoms with Gasteiger partial charge in [-0.15, -0.1) is 0 Å². The van der Waals surface area contributed by atoms with Crippen molar-refractivity contribution in [3.63, 3.8) is 0 Å². The summed E-state index contributed by atoms with van der Waals surface area (Å²) in [4.78, 5) is 4.26. The van der Waals surface area contributed by atoms with E-state index in [0.717, 1.165) is 16.6 Å². The van der Waals surface area contributed by atoms with Gasteiger partial charge in [0, 0.05) is 16.7 Å². The van der Waals surface area contributed by atoms with Gasteiger partial charge < -0.3 is 5.73 Å². The van der Waals surface area contributed by atoms with Crippen molar-refractivity contribution in [1.82, 2.24) is 4.98 Å². The largest absolute Gasteiger partial charge is 0.323 e. The first-order chi connectivity index (χ1) is 6.09. The molecule has 1 aromatic heterocycles. The number of pyridine rings is 1. The lowest BCUT2D eigenvalue weighted by atomic mass is 10.0. The van der Waals surface area contributed by atoms with Gasteiger partial charge in [0.2, 0.25) is 0 Å². The zero-order valence-corrected chi connectivity index (χ0v) is 9.58. The van der Waals surface area contributed by atoms with E-state index in [0.29, 0.717) is 5.92 Å². The van der Waals surface area contributed by atoms with Gasteiger partial charge in [-0.1, -0.05) is 13.8 Å². The second-order valence-corrected chi connectivity index (χ2v) is 4.55. The summed E-state index contributed by atoms with van der Waals surface area (Å²) in [6.45, 7) is 4.33. The van der Waals surface area contributed by atoms with Gasteiger partial charge in [0.05, 0.1) is 5.69 Å². The third kappa shape index (κ3) is 3.44. The van der Waals surface area contributed by atoms with Gasteiger partial charge >= 0.3 is 0 Å². The lowest BCUT2D eigenvalue weighted by Crippen LogP contribution is -2.14. The Kier molecular flexibility index (Phi) is 3.88. The lowest BCUT2D eigenvalue weighted by molar-refractivity contribution is 0.502. The van der Waals surface area contributed by atoms with Crippen LogP contribution in [0.25, 0.3) is 0 Å². The Bertz CT molecular complexity index is 256. The molecule has 0 saturated carbocycles. The number of halogens is 1. The molecule has 1 heterocycles. The monoisotopic (exact) mass is 242 g/mol. The van der Waals surface area contributed by atoms with E-state index in [1.54, 1.807) is 6.20 Å². The van der Waals surface area contributed by atoms with Crippen LogP contribution >= 0.6 is 15.9 Å². The molecule has 72 valence electrons. The molecular weight excluding hydrogens is 228 g/mol. The smallest absolute Gasteiger partial charge is 0.0571 e. The molecule has 2 N–H and O–H groups in total. The van der Waals surface area contributed by atoms with E-state index in [9.17, 15) is 0 Å². The van der Waals surface area contributed by atoms with Gasteiger partial charge in [-0.25, -0.2) is 0 Å². The normalized spacial score (nSPS) is 13.3. The first-order valence-corrected chi connectivity index (χ1v) is 5.26. The molecule has 0 aliphatic carbocycles. The zero-order chi connectivity index (χ0) is 9.84. The van der Waals surface area contributed by atoms with Crippen LogP contribution in [-0.4, -0.2) is 4.98 Å². The van der Waals surface area contributed by atoms with Crippen molar-refractivity contribution in [1.29, 1.82) is 0 Å². The third-order valence-electron chi connectivity index (χ3n) is 1.86. The highest BCUT2D eigenvalue weighted by atomic mass is 79.9. The Morgan fingerprint density at radius 1 is 1.46 bits per heavy atom. The standard InChI is InChI=1S/C10H15BrN2/c1-7(2)5-9(12)10-4-3-8(11)6-13-10/h3-4,6-7,9H,5,12H2,1-2H3. The molecule has 0 spiro atoms. The molecule has 2 nitrogen and oxygen atoms in total. The van der Waals surface area contributed by atoms with Gasteiger partial charge in [0.15, 0.2) is 0 Å². The molecular formula is C10H15BrN2. The Balaban J connectivity index is 2.66. The van der Waals surface area contributed by atoms with Crippen LogP contribution in [0.5, 0.6) is 0 Å². The number of nitrogens with zero attached hydrogens (tertiary/aromatic N) is 1. The summed E-state index contributed by atoms with van der Waals surface area (Å²) in [7, 11) is 0. The summed E-state index contributed by atoms with van der Waals surface area (Å²) in [6.07, 6.45) is 2.77. The molecule has 0 aromatic carbocycles. The second kappa shape index (κ2) is 4.72. The summed E-state index contributed by atoms with van der Waals surface area (Å²) >= 11 is 3.34. The van der Waals surface area contributed by atoms with Crippen LogP contribution in [0.1, 0.15) is 32.0 Å². The predicted octanol–water partition coefficient (Wildman–Crippen LogP) is 2.89. The SMILES string of the molecule is CC(C)CC(N)c1ccc(Br)cn1. The van der Waals surface area contributed by atoms with Crippen LogP contribution in [-0.2, 0) is 0 Å². The maximum atomic E-state index is 5.97. The van der Waals surface area contributed by atoms with E-state index < -0.39 is 0 Å². The first kappa shape index (κ1) is 10.7. The van der Waals surface area contributed by atoms with E-state index >= 15 is 0 Å². The molecule has 1 aromatic rings. The Morgan fingerprint density at radius 3 is 2.62 bits per heavy atom. The van der Waals surface area contributed by atoms with Crippen LogP contribution in [0.4, 0.5) is 0 Å². The number of nitrogens with two attached hydrogens (primary N) is 1. The van der Waals surface area contributed by atoms with E-state index in [-0.39, 0.29) is 6.04 Å². The van der Waals surface area contributed by atoms with Crippen molar-refractivity contribution in [2.45, 2.75) is 26.3 Å². The average molecular weight is 243 g/mol. The van der Waals surface area contributed by atoms with Gasteiger partial charge in [-0.3, -0.25) is 4.98 Å². The number of hydrogen-bond donors (Lipinski definition) is 1. The van der Waals surface area contributed by atoms with Crippen LogP contribution in [0.3, 0.4) is 0 Å². The van der Waals surface area contributed by atoms with E-state index in [1.165, 1.54) is 0 Å². The summed E-state index contributed by atoms with van der Waals surface area (Å²) in [6, 6.07) is 4.01. The molecule has 0 fully saturated rings. The van der Waals surface area contributed by atoms with Crippen molar-refractivity contribution in [3.05, 3.63) is 28.5 Å². The summed E-state index contributed by atoms with van der Waals surface area (Å²) in [5, 5.41) is 0. The highest BCUT2D eigenvalue weighted by Crippen LogP contribution is 2.18. The molecule has 0 radical (unpaired) electrons. The molecule has 0 amide bonds. The summed E-state index contributed by atoms with van der Waals surface area (Å²) in [5.74, 6) is 0.612. The van der Waals surface area contributed by atoms with Crippen molar-refractivity contribution in [2.24, 2.45) is 11.7 Å². The molecule has 13 heavy (non-hydrogen) atoms. The minimum atomic E-state index is 0.0631. The highest BCUT2D eigenvalue weighted by Gasteiger charge is 2.08. The van der Waals surface area contributed by atoms with Crippen molar-refractivity contribution in [3.8, 4) is 0 Å². The van der Waals surface area contributed by atoms with Crippen LogP contribution in [0.15, 0.2) is 22.8 Å². The fourth-order valence-electron chi connectivity index (χ4n) is 1.24. The molecule has 1 unspecified atom stereocenters. The minimum absolute atomic E-state index is 0.0631. The summed E-state index contributed by atoms with van der Waals surface area (Å²) in [5.41, 5.74) is 6.94. The van der Waals surface area contributed by atoms with Gasteiger partial charge in [0.1, 0.15) is 0 Å². The Hall–Kier alpha value is -0.410. The number of aromatic nitrogens is 1. The van der Waals surface area contributed by atoms with Crippen molar-refractivity contribution >= 4 is 15.9 Å². The second-order valence-electron chi connectivity index (χ2n) is 3.64. The third-order valence-corrected chi connectivity index (χ3v) is 2.32. The first-order valence-electron chi connectivity index (χ1n) is 4.46. The van der Waals surface area contributed by atoms with Gasteiger partial charge in [-0.2, -0.15) is 0 Å². The summed E-state index contributed by atoms with van der Waals surface area (Å²) < 4.78 is 0.994. The van der Waals surface area contributed by atoms with Crippen LogP contribution in [0, 0.1) is 5.92 Å². The van der Waals surface area contributed by atoms with Gasteiger partial charge in [-0.05, 0) is 40.4 Å². The molecule has 0 bridgehead atoms. The predicted molar refractivity (Wildman–Crippen MR) is 58.3 cm³/mol. The van der Waals surface area contributed by atoms with Crippen LogP contribution < -0.4 is 5.73 Å². The zero-order valence-electron chi connectivity index (χ0n) is 8.00. The number of hydrogen-bond acceptors (Lipinski definition) is 2. The van der Waals surface area contributed by atoms with Gasteiger partial charge in [0.25, 0.3) is 0 Å². The fraction of sp³-hybridized carbons (Fsp3) is 0.500. The number of rotatable bonds is 3. The topological polar surface area (TPSA) is 38.9 Å². The molecule has 0 aliphatic heterocycles. The average Bonchev–Trinajstić information content (AvgIpc) is 2.04.